The van der Waals surface area contributed by atoms with Gasteiger partial charge in [0.05, 0.1) is 0 Å². The topological polar surface area (TPSA) is 20.2 Å². The second-order valence-corrected chi connectivity index (χ2v) is 14.2. The number of rotatable bonds is 0. The van der Waals surface area contributed by atoms with Gasteiger partial charge in [0.15, 0.2) is 0 Å². The van der Waals surface area contributed by atoms with Crippen LogP contribution in [0.4, 0.5) is 0 Å². The fourth-order valence-corrected chi connectivity index (χ4v) is 0. The van der Waals surface area contributed by atoms with Gasteiger partial charge in [-0.25, -0.2) is 0 Å². The molecule has 0 saturated heterocycles. The Hall–Kier alpha value is 2.29. The summed E-state index contributed by atoms with van der Waals surface area (Å²) < 4.78 is 6.94. The van der Waals surface area contributed by atoms with Gasteiger partial charge in [0.25, 0.3) is 0 Å². The number of hydrogen-bond acceptors (Lipinski definition) is 1. The van der Waals surface area contributed by atoms with E-state index in [-0.39, 0.29) is 0 Å². The quantitative estimate of drug-likeness (QED) is 0.708. The van der Waals surface area contributed by atoms with Crippen LogP contribution in [0.25, 0.3) is 0 Å². The maximum atomic E-state index is 6.94. The van der Waals surface area contributed by atoms with E-state index in [0.717, 1.165) is 0 Å². The average molecular weight is 261 g/mol. The van der Waals surface area contributed by atoms with E-state index in [1.54, 1.807) is 0 Å². The Kier molecular flexibility index (Phi) is 11.0. The molecule has 7 heavy (non-hydrogen) atoms. The summed E-state index contributed by atoms with van der Waals surface area (Å²) >= 11 is 1.31. The summed E-state index contributed by atoms with van der Waals surface area (Å²) in [5.41, 5.74) is 0. The molecule has 0 amide bonds. The molecule has 0 heterocycles. The summed E-state index contributed by atoms with van der Waals surface area (Å²) in [5, 5.41) is 0. The molecular formula is HCl4OV2. The van der Waals surface area contributed by atoms with Crippen molar-refractivity contribution in [1.82, 2.24) is 0 Å². The molecule has 0 aromatic rings. The molecule has 0 aromatic heterocycles. The molecule has 0 atom stereocenters. The summed E-state index contributed by atoms with van der Waals surface area (Å²) in [4.78, 5) is 0. The maximum absolute atomic E-state index is 6.94. The Labute approximate surface area is 70.7 Å². The van der Waals surface area contributed by atoms with Crippen LogP contribution in [0.15, 0.2) is 0 Å². The van der Waals surface area contributed by atoms with Gasteiger partial charge in [-0.05, 0) is 0 Å². The van der Waals surface area contributed by atoms with Gasteiger partial charge in [0.2, 0.25) is 0 Å². The molecule has 7 heteroatoms. The fraction of sp³-hybridized carbons (Fsp3) is 0. The van der Waals surface area contributed by atoms with Crippen molar-refractivity contribution in [3.05, 3.63) is 0 Å². The van der Waals surface area contributed by atoms with E-state index in [2.05, 4.69) is 0 Å². The van der Waals surface area contributed by atoms with Crippen molar-refractivity contribution >= 4 is 39.4 Å². The van der Waals surface area contributed by atoms with Crippen molar-refractivity contribution in [3.8, 4) is 0 Å². The summed E-state index contributed by atoms with van der Waals surface area (Å²) in [5.74, 6) is 0. The van der Waals surface area contributed by atoms with Crippen LogP contribution in [0.5, 0.6) is 0 Å². The molecular weight excluding hydrogens is 260 g/mol. The van der Waals surface area contributed by atoms with Crippen LogP contribution in [0, 0.1) is 0 Å². The Morgan fingerprint density at radius 3 is 1.00 bits per heavy atom. The van der Waals surface area contributed by atoms with Crippen LogP contribution in [-0.2, 0) is 28.0 Å². The standard InChI is InChI=1S/4ClH.H2O.2V/h4*1H;1H2;;/q;;;;;+1;+4/p-5. The van der Waals surface area contributed by atoms with E-state index >= 15 is 0 Å². The predicted octanol–water partition coefficient (Wildman–Crippen LogP) is 2.20. The van der Waals surface area contributed by atoms with Crippen molar-refractivity contribution in [2.24, 2.45) is 0 Å². The van der Waals surface area contributed by atoms with Crippen LogP contribution in [-0.4, -0.2) is 4.03 Å². The third kappa shape index (κ3) is 62.6. The predicted molar refractivity (Wildman–Crippen MR) is 25.6 cm³/mol. The first-order valence-electron chi connectivity index (χ1n) is 0.876. The second-order valence-electron chi connectivity index (χ2n) is 0.383. The SMILES string of the molecule is [Cl][V]([Cl])([Cl])[Cl].[OH][V]. The molecule has 0 rings (SSSR count). The molecule has 0 spiro atoms. The van der Waals surface area contributed by atoms with E-state index in [9.17, 15) is 0 Å². The molecule has 1 N–H and O–H groups in total. The molecule has 45 valence electrons. The van der Waals surface area contributed by atoms with E-state index in [1.807, 2.05) is 0 Å². The van der Waals surface area contributed by atoms with Gasteiger partial charge in [0, 0.05) is 0 Å². The summed E-state index contributed by atoms with van der Waals surface area (Å²) in [7, 11) is 17.0. The Morgan fingerprint density at radius 2 is 1.00 bits per heavy atom. The van der Waals surface area contributed by atoms with Crippen molar-refractivity contribution in [3.63, 3.8) is 0 Å². The van der Waals surface area contributed by atoms with Crippen LogP contribution in [0.3, 0.4) is 0 Å². The zero-order valence-electron chi connectivity index (χ0n) is 2.85. The Balaban J connectivity index is 0. The fourth-order valence-electron chi connectivity index (χ4n) is 0. The van der Waals surface area contributed by atoms with Crippen molar-refractivity contribution in [2.45, 2.75) is 0 Å². The minimum absolute atomic E-state index is 1.31. The molecule has 0 aliphatic heterocycles. The third-order valence-electron chi connectivity index (χ3n) is 0. The molecule has 0 saturated carbocycles. The van der Waals surface area contributed by atoms with E-state index < -0.39 is 10.2 Å². The minimum atomic E-state index is -2.99. The van der Waals surface area contributed by atoms with Gasteiger partial charge in [-0.1, -0.05) is 0 Å². The second kappa shape index (κ2) is 6.41. The van der Waals surface area contributed by atoms with E-state index in [1.165, 1.54) is 17.8 Å². The van der Waals surface area contributed by atoms with Gasteiger partial charge < -0.3 is 0 Å². The first-order valence-corrected chi connectivity index (χ1v) is 9.19. The van der Waals surface area contributed by atoms with E-state index in [4.69, 9.17) is 43.4 Å². The van der Waals surface area contributed by atoms with E-state index in [0.29, 0.717) is 0 Å². The summed E-state index contributed by atoms with van der Waals surface area (Å²) in [6.45, 7) is 0. The number of hydrogen-bond donors (Lipinski definition) is 1. The van der Waals surface area contributed by atoms with Gasteiger partial charge in [0.1, 0.15) is 0 Å². The van der Waals surface area contributed by atoms with Gasteiger partial charge in [-0.2, -0.15) is 0 Å². The molecule has 0 aliphatic carbocycles. The molecule has 1 nitrogen and oxygen atoms in total. The molecule has 0 radical (unpaired) electrons. The number of halogens is 4. The molecule has 0 aromatic carbocycles. The van der Waals surface area contributed by atoms with Crippen LogP contribution < -0.4 is 0 Å². The van der Waals surface area contributed by atoms with Crippen molar-refractivity contribution < 1.29 is 32.0 Å². The van der Waals surface area contributed by atoms with Crippen LogP contribution in [0.1, 0.15) is 0 Å². The zero-order chi connectivity index (χ0) is 6.50. The third-order valence-corrected chi connectivity index (χ3v) is 0. The Bertz CT molecular complexity index is 25.2. The van der Waals surface area contributed by atoms with Crippen molar-refractivity contribution in [2.75, 3.05) is 0 Å². The Morgan fingerprint density at radius 1 is 1.00 bits per heavy atom. The van der Waals surface area contributed by atoms with Crippen LogP contribution >= 0.6 is 39.4 Å². The molecule has 0 aliphatic rings. The van der Waals surface area contributed by atoms with Gasteiger partial charge in [-0.3, -0.25) is 0 Å². The molecule has 0 unspecified atom stereocenters. The zero-order valence-corrected chi connectivity index (χ0v) is 8.67. The first kappa shape index (κ1) is 12.0. The average Bonchev–Trinajstić information content (AvgIpc) is 1.36. The molecule has 0 fully saturated rings. The monoisotopic (exact) mass is 259 g/mol. The summed E-state index contributed by atoms with van der Waals surface area (Å²) in [6.07, 6.45) is 0. The summed E-state index contributed by atoms with van der Waals surface area (Å²) in [6, 6.07) is 0. The normalized spacial score (nSPS) is 9.29. The van der Waals surface area contributed by atoms with Crippen molar-refractivity contribution in [1.29, 1.82) is 0 Å². The van der Waals surface area contributed by atoms with Gasteiger partial charge >= 0.3 is 71.4 Å². The van der Waals surface area contributed by atoms with Crippen LogP contribution in [0.2, 0.25) is 0 Å². The molecule has 0 bridgehead atoms. The first-order chi connectivity index (χ1) is 3.00. The van der Waals surface area contributed by atoms with Gasteiger partial charge in [-0.15, -0.1) is 0 Å².